The lowest BCUT2D eigenvalue weighted by molar-refractivity contribution is 0.431. The van der Waals surface area contributed by atoms with Gasteiger partial charge >= 0.3 is 7.12 Å². The van der Waals surface area contributed by atoms with Crippen molar-refractivity contribution in [2.75, 3.05) is 0 Å². The largest absolute Gasteiger partial charge is 0.632 e. The average Bonchev–Trinajstić information content (AvgIpc) is 2.48. The van der Waals surface area contributed by atoms with Gasteiger partial charge in [-0.2, -0.15) is 0 Å². The van der Waals surface area contributed by atoms with E-state index >= 15 is 0 Å². The molecule has 0 aliphatic carbocycles. The van der Waals surface area contributed by atoms with E-state index < -0.39 is 7.12 Å². The second-order valence-electron chi connectivity index (χ2n) is 2.97. The predicted octanol–water partition coefficient (Wildman–Crippen LogP) is 2.22. The Morgan fingerprint density at radius 3 is 2.00 bits per heavy atom. The van der Waals surface area contributed by atoms with Gasteiger partial charge in [0.05, 0.1) is 0 Å². The summed E-state index contributed by atoms with van der Waals surface area (Å²) in [6.45, 7) is 7.34. The third-order valence-electron chi connectivity index (χ3n) is 1.95. The van der Waals surface area contributed by atoms with Crippen LogP contribution in [0.15, 0.2) is 53.4 Å². The minimum atomic E-state index is -0.400. The molecule has 2 rings (SSSR count). The van der Waals surface area contributed by atoms with E-state index in [2.05, 4.69) is 29.1 Å². The molecule has 4 heteroatoms. The van der Waals surface area contributed by atoms with Crippen molar-refractivity contribution in [1.82, 2.24) is 0 Å². The lowest BCUT2D eigenvalue weighted by atomic mass is 9.80. The van der Waals surface area contributed by atoms with Gasteiger partial charge < -0.3 is 9.31 Å². The summed E-state index contributed by atoms with van der Waals surface area (Å²) < 4.78 is 11.8. The van der Waals surface area contributed by atoms with Crippen molar-refractivity contribution < 1.29 is 9.31 Å². The summed E-state index contributed by atoms with van der Waals surface area (Å²) >= 11 is 3.36. The number of rotatable bonds is 1. The molecule has 70 valence electrons. The molecule has 0 aromatic heterocycles. The summed E-state index contributed by atoms with van der Waals surface area (Å²) in [6.07, 6.45) is 0. The van der Waals surface area contributed by atoms with Crippen molar-refractivity contribution in [3.8, 4) is 0 Å². The van der Waals surface area contributed by atoms with E-state index in [4.69, 9.17) is 9.31 Å². The van der Waals surface area contributed by atoms with Gasteiger partial charge in [-0.15, -0.1) is 0 Å². The third kappa shape index (κ3) is 1.70. The molecule has 14 heavy (non-hydrogen) atoms. The Bertz CT molecular complexity index is 370. The maximum Gasteiger partial charge on any atom is 0.632 e. The highest BCUT2D eigenvalue weighted by atomic mass is 79.9. The molecule has 1 heterocycles. The number of hydrogen-bond donors (Lipinski definition) is 0. The summed E-state index contributed by atoms with van der Waals surface area (Å²) in [5.41, 5.74) is 0.952. The quantitative estimate of drug-likeness (QED) is 0.712. The summed E-state index contributed by atoms with van der Waals surface area (Å²) in [4.78, 5) is 0. The van der Waals surface area contributed by atoms with Crippen molar-refractivity contribution in [2.45, 2.75) is 0 Å². The standard InChI is InChI=1S/C10H8BBrO2/c1-7-8(2)14-11(13-7)9-3-5-10(12)6-4-9/h3-6H,1-2H2. The molecule has 1 saturated heterocycles. The van der Waals surface area contributed by atoms with E-state index in [1.54, 1.807) is 0 Å². The summed E-state index contributed by atoms with van der Waals surface area (Å²) in [5.74, 6) is 0.996. The lowest BCUT2D eigenvalue weighted by Gasteiger charge is -2.03. The maximum absolute atomic E-state index is 5.37. The molecule has 0 saturated carbocycles. The van der Waals surface area contributed by atoms with Crippen molar-refractivity contribution in [2.24, 2.45) is 0 Å². The van der Waals surface area contributed by atoms with Gasteiger partial charge in [-0.3, -0.25) is 0 Å². The van der Waals surface area contributed by atoms with E-state index in [0.29, 0.717) is 11.5 Å². The Labute approximate surface area is 91.5 Å². The molecule has 1 fully saturated rings. The highest BCUT2D eigenvalue weighted by Gasteiger charge is 2.34. The fraction of sp³-hybridized carbons (Fsp3) is 0. The zero-order chi connectivity index (χ0) is 10.1. The highest BCUT2D eigenvalue weighted by molar-refractivity contribution is 9.10. The predicted molar refractivity (Wildman–Crippen MR) is 60.0 cm³/mol. The molecule has 0 atom stereocenters. The van der Waals surface area contributed by atoms with Crippen LogP contribution in [-0.4, -0.2) is 7.12 Å². The van der Waals surface area contributed by atoms with Crippen LogP contribution in [0.25, 0.3) is 0 Å². The summed E-state index contributed by atoms with van der Waals surface area (Å²) in [7, 11) is -0.400. The summed E-state index contributed by atoms with van der Waals surface area (Å²) in [6, 6.07) is 7.74. The van der Waals surface area contributed by atoms with Crippen LogP contribution in [-0.2, 0) is 9.31 Å². The van der Waals surface area contributed by atoms with Gasteiger partial charge in [-0.25, -0.2) is 0 Å². The van der Waals surface area contributed by atoms with Gasteiger partial charge in [0.15, 0.2) is 0 Å². The van der Waals surface area contributed by atoms with Crippen LogP contribution >= 0.6 is 15.9 Å². The van der Waals surface area contributed by atoms with Crippen molar-refractivity contribution in [1.29, 1.82) is 0 Å². The second-order valence-corrected chi connectivity index (χ2v) is 3.88. The molecule has 1 aliphatic heterocycles. The van der Waals surface area contributed by atoms with Crippen LogP contribution in [0.4, 0.5) is 0 Å². The Morgan fingerprint density at radius 1 is 1.00 bits per heavy atom. The first-order valence-corrected chi connectivity index (χ1v) is 4.93. The van der Waals surface area contributed by atoms with Crippen molar-refractivity contribution >= 4 is 28.5 Å². The molecule has 1 aliphatic rings. The Kier molecular flexibility index (Phi) is 2.38. The van der Waals surface area contributed by atoms with Gasteiger partial charge in [0.1, 0.15) is 11.5 Å². The van der Waals surface area contributed by atoms with Gasteiger partial charge in [-0.05, 0) is 12.1 Å². The van der Waals surface area contributed by atoms with Crippen LogP contribution in [0.5, 0.6) is 0 Å². The minimum absolute atomic E-state index is 0.400. The normalized spacial score (nSPS) is 15.4. The molecular weight excluding hydrogens is 243 g/mol. The molecule has 0 N–H and O–H groups in total. The van der Waals surface area contributed by atoms with Crippen LogP contribution in [0, 0.1) is 0 Å². The topological polar surface area (TPSA) is 18.5 Å². The van der Waals surface area contributed by atoms with E-state index in [1.165, 1.54) is 0 Å². The summed E-state index contributed by atoms with van der Waals surface area (Å²) in [5, 5.41) is 0. The number of benzene rings is 1. The van der Waals surface area contributed by atoms with Gasteiger partial charge in [0.25, 0.3) is 0 Å². The smallest absolute Gasteiger partial charge is 0.520 e. The van der Waals surface area contributed by atoms with Gasteiger partial charge in [-0.1, -0.05) is 41.2 Å². The fourth-order valence-electron chi connectivity index (χ4n) is 1.17. The van der Waals surface area contributed by atoms with Crippen molar-refractivity contribution in [3.05, 3.63) is 53.4 Å². The second kappa shape index (κ2) is 3.54. The van der Waals surface area contributed by atoms with Crippen LogP contribution in [0.3, 0.4) is 0 Å². The first kappa shape index (κ1) is 9.40. The number of hydrogen-bond acceptors (Lipinski definition) is 2. The van der Waals surface area contributed by atoms with Crippen LogP contribution < -0.4 is 5.46 Å². The minimum Gasteiger partial charge on any atom is -0.520 e. The first-order chi connectivity index (χ1) is 6.66. The fourth-order valence-corrected chi connectivity index (χ4v) is 1.43. The van der Waals surface area contributed by atoms with Gasteiger partial charge in [0.2, 0.25) is 0 Å². The molecule has 0 radical (unpaired) electrons. The monoisotopic (exact) mass is 250 g/mol. The Morgan fingerprint density at radius 2 is 1.50 bits per heavy atom. The molecule has 0 amide bonds. The van der Waals surface area contributed by atoms with E-state index in [9.17, 15) is 0 Å². The zero-order valence-electron chi connectivity index (χ0n) is 7.50. The Hall–Kier alpha value is -1.16. The SMILES string of the molecule is C=C1OB(c2ccc(Br)cc2)OC1=C. The van der Waals surface area contributed by atoms with E-state index in [-0.39, 0.29) is 0 Å². The Balaban J connectivity index is 2.21. The molecule has 0 bridgehead atoms. The molecule has 0 spiro atoms. The molecule has 2 nitrogen and oxygen atoms in total. The molecule has 1 aromatic rings. The number of halogens is 1. The third-order valence-corrected chi connectivity index (χ3v) is 2.48. The van der Waals surface area contributed by atoms with Crippen LogP contribution in [0.2, 0.25) is 0 Å². The first-order valence-electron chi connectivity index (χ1n) is 4.14. The van der Waals surface area contributed by atoms with E-state index in [1.807, 2.05) is 24.3 Å². The van der Waals surface area contributed by atoms with Crippen molar-refractivity contribution in [3.63, 3.8) is 0 Å². The average molecular weight is 251 g/mol. The van der Waals surface area contributed by atoms with Gasteiger partial charge in [0, 0.05) is 9.94 Å². The molecule has 0 unspecified atom stereocenters. The van der Waals surface area contributed by atoms with Crippen LogP contribution in [0.1, 0.15) is 0 Å². The zero-order valence-corrected chi connectivity index (χ0v) is 9.08. The molecular formula is C10H8BBrO2. The van der Waals surface area contributed by atoms with E-state index in [0.717, 1.165) is 9.94 Å². The maximum atomic E-state index is 5.37. The molecule has 1 aromatic carbocycles. The lowest BCUT2D eigenvalue weighted by Crippen LogP contribution is -2.30. The highest BCUT2D eigenvalue weighted by Crippen LogP contribution is 2.20.